The molecule has 2 atom stereocenters. The van der Waals surface area contributed by atoms with Crippen LogP contribution in [0, 0.1) is 11.8 Å². The lowest BCUT2D eigenvalue weighted by atomic mass is 9.85. The van der Waals surface area contributed by atoms with Crippen molar-refractivity contribution in [2.75, 3.05) is 0 Å². The van der Waals surface area contributed by atoms with Crippen LogP contribution in [-0.2, 0) is 16.1 Å². The van der Waals surface area contributed by atoms with Gasteiger partial charge in [-0.05, 0) is 30.5 Å². The molecule has 2 aromatic carbocycles. The fraction of sp³-hybridized carbons (Fsp3) is 0.227. The number of benzene rings is 2. The first-order valence-corrected chi connectivity index (χ1v) is 9.58. The van der Waals surface area contributed by atoms with Crippen LogP contribution in [0.25, 0.3) is 0 Å². The first-order valence-electron chi connectivity index (χ1n) is 9.21. The van der Waals surface area contributed by atoms with Crippen LogP contribution >= 0.6 is 11.6 Å². The molecule has 1 saturated heterocycles. The molecule has 142 valence electrons. The summed E-state index contributed by atoms with van der Waals surface area (Å²) in [6.07, 6.45) is 4.89. The van der Waals surface area contributed by atoms with Crippen LogP contribution in [0.1, 0.15) is 28.8 Å². The van der Waals surface area contributed by atoms with Gasteiger partial charge in [0.1, 0.15) is 0 Å². The Labute approximate surface area is 168 Å². The van der Waals surface area contributed by atoms with Crippen molar-refractivity contribution >= 4 is 29.3 Å². The van der Waals surface area contributed by atoms with Gasteiger partial charge in [-0.25, -0.2) is 5.01 Å². The van der Waals surface area contributed by atoms with Crippen LogP contribution in [0.15, 0.2) is 66.7 Å². The minimum Gasteiger partial charge on any atom is -0.272 e. The fourth-order valence-corrected chi connectivity index (χ4v) is 4.00. The van der Waals surface area contributed by atoms with Crippen LogP contribution in [-0.4, -0.2) is 27.7 Å². The van der Waals surface area contributed by atoms with Crippen molar-refractivity contribution in [1.29, 1.82) is 0 Å². The molecule has 0 unspecified atom stereocenters. The van der Waals surface area contributed by atoms with Gasteiger partial charge in [-0.3, -0.25) is 14.4 Å². The van der Waals surface area contributed by atoms with E-state index in [0.29, 0.717) is 12.8 Å². The lowest BCUT2D eigenvalue weighted by molar-refractivity contribution is -0.155. The highest BCUT2D eigenvalue weighted by atomic mass is 35.5. The number of hydrogen-bond donors (Lipinski definition) is 0. The van der Waals surface area contributed by atoms with Gasteiger partial charge in [-0.15, -0.1) is 0 Å². The number of hydrogen-bond acceptors (Lipinski definition) is 3. The average molecular weight is 395 g/mol. The number of nitrogens with zero attached hydrogens (tertiary/aromatic N) is 2. The van der Waals surface area contributed by atoms with Crippen molar-refractivity contribution in [2.24, 2.45) is 11.8 Å². The summed E-state index contributed by atoms with van der Waals surface area (Å²) in [5, 5.41) is 2.56. The monoisotopic (exact) mass is 394 g/mol. The number of halogens is 1. The Hall–Kier alpha value is -2.92. The van der Waals surface area contributed by atoms with Gasteiger partial charge in [0.2, 0.25) is 0 Å². The summed E-state index contributed by atoms with van der Waals surface area (Å²) in [4.78, 5) is 39.4. The number of amides is 3. The molecule has 0 radical (unpaired) electrons. The molecule has 2 aliphatic rings. The molecular weight excluding hydrogens is 376 g/mol. The molecule has 0 spiro atoms. The number of carbonyl (C=O) groups is 3. The summed E-state index contributed by atoms with van der Waals surface area (Å²) in [5.74, 6) is -1.93. The van der Waals surface area contributed by atoms with Crippen molar-refractivity contribution in [3.8, 4) is 0 Å². The average Bonchev–Trinajstić information content (AvgIpc) is 2.98. The molecular formula is C22H19ClN2O3. The summed E-state index contributed by atoms with van der Waals surface area (Å²) < 4.78 is 0. The maximum atomic E-state index is 13.3. The molecule has 3 amide bonds. The third-order valence-corrected chi connectivity index (χ3v) is 5.57. The Morgan fingerprint density at radius 1 is 0.929 bits per heavy atom. The number of imide groups is 1. The highest BCUT2D eigenvalue weighted by molar-refractivity contribution is 6.33. The number of hydrazine groups is 1. The molecule has 1 aliphatic carbocycles. The van der Waals surface area contributed by atoms with Crippen molar-refractivity contribution in [1.82, 2.24) is 10.0 Å². The molecule has 0 saturated carbocycles. The van der Waals surface area contributed by atoms with Crippen LogP contribution in [0.5, 0.6) is 0 Å². The van der Waals surface area contributed by atoms with E-state index in [2.05, 4.69) is 0 Å². The van der Waals surface area contributed by atoms with Crippen molar-refractivity contribution in [2.45, 2.75) is 19.4 Å². The fourth-order valence-electron chi connectivity index (χ4n) is 3.78. The first-order chi connectivity index (χ1) is 13.6. The third-order valence-electron chi connectivity index (χ3n) is 5.24. The van der Waals surface area contributed by atoms with E-state index in [9.17, 15) is 14.4 Å². The van der Waals surface area contributed by atoms with Gasteiger partial charge in [-0.2, -0.15) is 5.01 Å². The lowest BCUT2D eigenvalue weighted by Crippen LogP contribution is -2.49. The summed E-state index contributed by atoms with van der Waals surface area (Å²) >= 11 is 6.22. The van der Waals surface area contributed by atoms with Gasteiger partial charge in [0, 0.05) is 0 Å². The molecule has 0 aromatic heterocycles. The minimum absolute atomic E-state index is 0.106. The topological polar surface area (TPSA) is 57.7 Å². The largest absolute Gasteiger partial charge is 0.274 e. The highest BCUT2D eigenvalue weighted by Gasteiger charge is 2.50. The Morgan fingerprint density at radius 2 is 1.50 bits per heavy atom. The van der Waals surface area contributed by atoms with Crippen LogP contribution in [0.3, 0.4) is 0 Å². The molecule has 1 heterocycles. The van der Waals surface area contributed by atoms with Gasteiger partial charge in [0.25, 0.3) is 17.7 Å². The number of fused-ring (bicyclic) bond motifs is 1. The molecule has 0 N–H and O–H groups in total. The van der Waals surface area contributed by atoms with E-state index in [4.69, 9.17) is 11.6 Å². The predicted molar refractivity (Wildman–Crippen MR) is 105 cm³/mol. The zero-order valence-electron chi connectivity index (χ0n) is 15.1. The molecule has 4 rings (SSSR count). The normalized spacial score (nSPS) is 21.0. The van der Waals surface area contributed by atoms with Gasteiger partial charge >= 0.3 is 0 Å². The SMILES string of the molecule is O=C(c1ccccc1Cl)N(Cc1ccccc1)N1C(=O)[C@H]2CC=CC[C@@H]2C1=O. The second-order valence-corrected chi connectivity index (χ2v) is 7.38. The van der Waals surface area contributed by atoms with Crippen molar-refractivity contribution in [3.05, 3.63) is 82.9 Å². The van der Waals surface area contributed by atoms with E-state index >= 15 is 0 Å². The standard InChI is InChI=1S/C22H19ClN2O3/c23-19-13-7-6-12-18(19)20(26)24(14-15-8-2-1-3-9-15)25-21(27)16-10-4-5-11-17(16)22(25)28/h1-9,12-13,16-17H,10-11,14H2/t16-,17-/m0/s1. The molecule has 2 aromatic rings. The van der Waals surface area contributed by atoms with E-state index < -0.39 is 17.7 Å². The summed E-state index contributed by atoms with van der Waals surface area (Å²) in [7, 11) is 0. The second-order valence-electron chi connectivity index (χ2n) is 6.97. The number of rotatable bonds is 4. The smallest absolute Gasteiger partial charge is 0.272 e. The Morgan fingerprint density at radius 3 is 2.11 bits per heavy atom. The quantitative estimate of drug-likeness (QED) is 0.584. The van der Waals surface area contributed by atoms with Gasteiger partial charge in [-0.1, -0.05) is 66.2 Å². The lowest BCUT2D eigenvalue weighted by Gasteiger charge is -2.31. The highest BCUT2D eigenvalue weighted by Crippen LogP contribution is 2.37. The predicted octanol–water partition coefficient (Wildman–Crippen LogP) is 3.85. The third kappa shape index (κ3) is 3.22. The van der Waals surface area contributed by atoms with E-state index in [0.717, 1.165) is 10.6 Å². The Bertz CT molecular complexity index is 931. The van der Waals surface area contributed by atoms with Crippen LogP contribution < -0.4 is 0 Å². The van der Waals surface area contributed by atoms with E-state index in [1.807, 2.05) is 42.5 Å². The van der Waals surface area contributed by atoms with Crippen molar-refractivity contribution in [3.63, 3.8) is 0 Å². The molecule has 28 heavy (non-hydrogen) atoms. The maximum absolute atomic E-state index is 13.3. The molecule has 1 aliphatic heterocycles. The van der Waals surface area contributed by atoms with E-state index in [1.165, 1.54) is 5.01 Å². The molecule has 0 bridgehead atoms. The summed E-state index contributed by atoms with van der Waals surface area (Å²) in [6.45, 7) is 0.106. The van der Waals surface area contributed by atoms with Crippen LogP contribution in [0.2, 0.25) is 5.02 Å². The van der Waals surface area contributed by atoms with E-state index in [-0.39, 0.29) is 28.9 Å². The van der Waals surface area contributed by atoms with Gasteiger partial charge in [0.05, 0.1) is 29.0 Å². The van der Waals surface area contributed by atoms with Crippen LogP contribution in [0.4, 0.5) is 0 Å². The van der Waals surface area contributed by atoms with E-state index in [1.54, 1.807) is 24.3 Å². The molecule has 6 heteroatoms. The minimum atomic E-state index is -0.470. The Balaban J connectivity index is 1.73. The first kappa shape index (κ1) is 18.4. The maximum Gasteiger partial charge on any atom is 0.274 e. The zero-order chi connectivity index (χ0) is 19.7. The number of carbonyl (C=O) groups excluding carboxylic acids is 3. The number of allylic oxidation sites excluding steroid dienone is 2. The Kier molecular flexibility index (Phi) is 5.01. The second kappa shape index (κ2) is 7.60. The zero-order valence-corrected chi connectivity index (χ0v) is 15.9. The summed E-state index contributed by atoms with van der Waals surface area (Å²) in [5.41, 5.74) is 1.07. The van der Waals surface area contributed by atoms with Crippen molar-refractivity contribution < 1.29 is 14.4 Å². The summed E-state index contributed by atoms with van der Waals surface area (Å²) in [6, 6.07) is 15.9. The van der Waals surface area contributed by atoms with Gasteiger partial charge in [0.15, 0.2) is 0 Å². The molecule has 5 nitrogen and oxygen atoms in total. The molecule has 1 fully saturated rings. The van der Waals surface area contributed by atoms with Gasteiger partial charge < -0.3 is 0 Å².